The predicted molar refractivity (Wildman–Crippen MR) is 46.0 cm³/mol. The molecule has 1 N–H and O–H groups in total. The Morgan fingerprint density at radius 3 is 2.38 bits per heavy atom. The van der Waals surface area contributed by atoms with E-state index in [1.165, 1.54) is 19.2 Å². The van der Waals surface area contributed by atoms with Crippen molar-refractivity contribution in [2.45, 2.75) is 6.18 Å². The van der Waals surface area contributed by atoms with Crippen molar-refractivity contribution in [2.24, 2.45) is 0 Å². The van der Waals surface area contributed by atoms with E-state index in [0.29, 0.717) is 0 Å². The van der Waals surface area contributed by atoms with Crippen molar-refractivity contribution in [3.63, 3.8) is 0 Å². The van der Waals surface area contributed by atoms with E-state index in [4.69, 9.17) is 0 Å². The second-order valence-corrected chi connectivity index (χ2v) is 2.16. The highest BCUT2D eigenvalue weighted by Crippen LogP contribution is 2.27. The van der Waals surface area contributed by atoms with E-state index in [1.807, 2.05) is 0 Å². The Balaban J connectivity index is 0.00000144. The summed E-state index contributed by atoms with van der Waals surface area (Å²) in [7, 11) is 1.52. The van der Waals surface area contributed by atoms with Gasteiger partial charge in [-0.3, -0.25) is 0 Å². The van der Waals surface area contributed by atoms with Crippen LogP contribution in [-0.4, -0.2) is 12.0 Å². The molecule has 1 heterocycles. The van der Waals surface area contributed by atoms with E-state index >= 15 is 0 Å². The van der Waals surface area contributed by atoms with Crippen molar-refractivity contribution < 1.29 is 13.2 Å². The second kappa shape index (κ2) is 4.32. The van der Waals surface area contributed by atoms with E-state index in [2.05, 4.69) is 10.3 Å². The van der Waals surface area contributed by atoms with Crippen molar-refractivity contribution in [2.75, 3.05) is 12.4 Å². The molecule has 6 heteroatoms. The minimum atomic E-state index is -4.37. The van der Waals surface area contributed by atoms with Gasteiger partial charge in [-0.15, -0.1) is 12.4 Å². The number of hydrogen-bond acceptors (Lipinski definition) is 2. The zero-order chi connectivity index (χ0) is 9.19. The fraction of sp³-hybridized carbons (Fsp3) is 0.286. The van der Waals surface area contributed by atoms with Gasteiger partial charge < -0.3 is 5.32 Å². The molecule has 0 aliphatic carbocycles. The molecule has 0 aliphatic heterocycles. The molecule has 1 aromatic rings. The van der Waals surface area contributed by atoms with Crippen LogP contribution in [0.3, 0.4) is 0 Å². The van der Waals surface area contributed by atoms with Gasteiger partial charge in [-0.2, -0.15) is 13.2 Å². The summed E-state index contributed by atoms with van der Waals surface area (Å²) in [4.78, 5) is 3.33. The number of hydrogen-bond donors (Lipinski definition) is 1. The zero-order valence-corrected chi connectivity index (χ0v) is 7.54. The number of anilines is 1. The van der Waals surface area contributed by atoms with Gasteiger partial charge in [-0.25, -0.2) is 4.98 Å². The standard InChI is InChI=1S/C7H7F3N2.ClH/c1-11-6-4-2-3-5(12-6)7(8,9)10;/h2-4H,1H3,(H,11,12);1H. The summed E-state index contributed by atoms with van der Waals surface area (Å²) in [6, 6.07) is 3.71. The fourth-order valence-corrected chi connectivity index (χ4v) is 0.732. The lowest BCUT2D eigenvalue weighted by atomic mass is 10.3. The molecule has 0 unspecified atom stereocenters. The molecule has 0 fully saturated rings. The highest BCUT2D eigenvalue weighted by Gasteiger charge is 2.32. The summed E-state index contributed by atoms with van der Waals surface area (Å²) in [5, 5.41) is 2.53. The lowest BCUT2D eigenvalue weighted by molar-refractivity contribution is -0.141. The maximum Gasteiger partial charge on any atom is 0.433 e. The Kier molecular flexibility index (Phi) is 4.00. The summed E-state index contributed by atoms with van der Waals surface area (Å²) in [6.45, 7) is 0. The van der Waals surface area contributed by atoms with Crippen molar-refractivity contribution in [3.05, 3.63) is 23.9 Å². The van der Waals surface area contributed by atoms with Gasteiger partial charge in [0.25, 0.3) is 0 Å². The van der Waals surface area contributed by atoms with Crippen molar-refractivity contribution in [1.29, 1.82) is 0 Å². The van der Waals surface area contributed by atoms with Crippen LogP contribution in [0.2, 0.25) is 0 Å². The lowest BCUT2D eigenvalue weighted by Gasteiger charge is -2.06. The number of alkyl halides is 3. The molecule has 2 nitrogen and oxygen atoms in total. The molecule has 0 radical (unpaired) electrons. The summed E-state index contributed by atoms with van der Waals surface area (Å²) in [5.41, 5.74) is -0.880. The Labute approximate surface area is 79.6 Å². The van der Waals surface area contributed by atoms with E-state index in [1.54, 1.807) is 0 Å². The predicted octanol–water partition coefficient (Wildman–Crippen LogP) is 2.56. The second-order valence-electron chi connectivity index (χ2n) is 2.16. The largest absolute Gasteiger partial charge is 0.433 e. The van der Waals surface area contributed by atoms with Crippen LogP contribution in [0, 0.1) is 0 Å². The van der Waals surface area contributed by atoms with Crippen LogP contribution in [0.4, 0.5) is 19.0 Å². The average Bonchev–Trinajstić information content (AvgIpc) is 2.03. The van der Waals surface area contributed by atoms with Gasteiger partial charge in [0.2, 0.25) is 0 Å². The molecule has 13 heavy (non-hydrogen) atoms. The van der Waals surface area contributed by atoms with Crippen molar-refractivity contribution in [1.82, 2.24) is 4.98 Å². The smallest absolute Gasteiger partial charge is 0.373 e. The van der Waals surface area contributed by atoms with E-state index < -0.39 is 11.9 Å². The van der Waals surface area contributed by atoms with Gasteiger partial charge in [0.1, 0.15) is 11.5 Å². The molecule has 0 saturated heterocycles. The Bertz CT molecular complexity index is 275. The van der Waals surface area contributed by atoms with Crippen molar-refractivity contribution in [3.8, 4) is 0 Å². The fourth-order valence-electron chi connectivity index (χ4n) is 0.732. The van der Waals surface area contributed by atoms with Crippen LogP contribution < -0.4 is 5.32 Å². The van der Waals surface area contributed by atoms with Gasteiger partial charge in [-0.1, -0.05) is 6.07 Å². The molecule has 0 aromatic carbocycles. The molecule has 0 saturated carbocycles. The Hall–Kier alpha value is -0.970. The first-order valence-corrected chi connectivity index (χ1v) is 3.26. The molecule has 0 aliphatic rings. The molecule has 0 amide bonds. The Morgan fingerprint density at radius 1 is 1.31 bits per heavy atom. The van der Waals surface area contributed by atoms with E-state index in [9.17, 15) is 13.2 Å². The number of pyridine rings is 1. The summed E-state index contributed by atoms with van der Waals surface area (Å²) >= 11 is 0. The first-order valence-electron chi connectivity index (χ1n) is 3.26. The van der Waals surface area contributed by atoms with Gasteiger partial charge in [0, 0.05) is 7.05 Å². The molecule has 0 spiro atoms. The zero-order valence-electron chi connectivity index (χ0n) is 6.72. The molecular weight excluding hydrogens is 205 g/mol. The van der Waals surface area contributed by atoms with Gasteiger partial charge in [-0.05, 0) is 12.1 Å². The minimum absolute atomic E-state index is 0. The summed E-state index contributed by atoms with van der Waals surface area (Å²) in [5.74, 6) is 0.213. The lowest BCUT2D eigenvalue weighted by Crippen LogP contribution is -2.08. The third kappa shape index (κ3) is 3.10. The highest BCUT2D eigenvalue weighted by atomic mass is 35.5. The number of aromatic nitrogens is 1. The SMILES string of the molecule is CNc1cccc(C(F)(F)F)n1.Cl. The third-order valence-electron chi connectivity index (χ3n) is 1.30. The first kappa shape index (κ1) is 12.0. The summed E-state index contributed by atoms with van der Waals surface area (Å²) < 4.78 is 36.0. The van der Waals surface area contributed by atoms with Crippen LogP contribution in [-0.2, 0) is 6.18 Å². The highest BCUT2D eigenvalue weighted by molar-refractivity contribution is 5.85. The van der Waals surface area contributed by atoms with E-state index in [0.717, 1.165) is 6.07 Å². The maximum atomic E-state index is 12.0. The quantitative estimate of drug-likeness (QED) is 0.774. The summed E-state index contributed by atoms with van der Waals surface area (Å²) in [6.07, 6.45) is -4.37. The first-order chi connectivity index (χ1) is 5.54. The van der Waals surface area contributed by atoms with Crippen LogP contribution in [0.1, 0.15) is 5.69 Å². The Morgan fingerprint density at radius 2 is 1.92 bits per heavy atom. The van der Waals surface area contributed by atoms with Gasteiger partial charge in [0.15, 0.2) is 0 Å². The third-order valence-corrected chi connectivity index (χ3v) is 1.30. The van der Waals surface area contributed by atoms with E-state index in [-0.39, 0.29) is 18.2 Å². The van der Waals surface area contributed by atoms with Crippen molar-refractivity contribution >= 4 is 18.2 Å². The molecule has 0 bridgehead atoms. The number of nitrogens with one attached hydrogen (secondary N) is 1. The topological polar surface area (TPSA) is 24.9 Å². The van der Waals surface area contributed by atoms with Crippen LogP contribution >= 0.6 is 12.4 Å². The minimum Gasteiger partial charge on any atom is -0.373 e. The van der Waals surface area contributed by atoms with Crippen LogP contribution in [0.15, 0.2) is 18.2 Å². The van der Waals surface area contributed by atoms with Crippen LogP contribution in [0.25, 0.3) is 0 Å². The van der Waals surface area contributed by atoms with Gasteiger partial charge >= 0.3 is 6.18 Å². The molecule has 0 atom stereocenters. The normalized spacial score (nSPS) is 10.5. The number of halogens is 4. The molecule has 1 rings (SSSR count). The number of nitrogens with zero attached hydrogens (tertiary/aromatic N) is 1. The molecular formula is C7H8ClF3N2. The average molecular weight is 213 g/mol. The van der Waals surface area contributed by atoms with Gasteiger partial charge in [0.05, 0.1) is 0 Å². The molecule has 74 valence electrons. The van der Waals surface area contributed by atoms with Crippen LogP contribution in [0.5, 0.6) is 0 Å². The molecule has 1 aromatic heterocycles. The monoisotopic (exact) mass is 212 g/mol. The maximum absolute atomic E-state index is 12.0. The number of rotatable bonds is 1.